The van der Waals surface area contributed by atoms with Gasteiger partial charge < -0.3 is 30.1 Å². The highest BCUT2D eigenvalue weighted by Crippen LogP contribution is 2.44. The van der Waals surface area contributed by atoms with Crippen LogP contribution in [0.15, 0.2) is 71.3 Å². The molecule has 11 heteroatoms. The predicted octanol–water partition coefficient (Wildman–Crippen LogP) is 2.56. The highest BCUT2D eigenvalue weighted by atomic mass is 16.5. The molecule has 0 bridgehead atoms. The minimum absolute atomic E-state index is 0.0339. The fourth-order valence-corrected chi connectivity index (χ4v) is 4.01. The normalized spacial score (nSPS) is 18.5. The Morgan fingerprint density at radius 2 is 1.97 bits per heavy atom. The zero-order valence-corrected chi connectivity index (χ0v) is 20.4. The molecule has 0 saturated carbocycles. The zero-order valence-electron chi connectivity index (χ0n) is 20.4. The van der Waals surface area contributed by atoms with Crippen molar-refractivity contribution in [2.45, 2.75) is 37.1 Å². The van der Waals surface area contributed by atoms with E-state index in [1.807, 2.05) is 0 Å². The minimum atomic E-state index is -1.51. The summed E-state index contributed by atoms with van der Waals surface area (Å²) < 4.78 is 11.9. The van der Waals surface area contributed by atoms with Gasteiger partial charge in [-0.2, -0.15) is 0 Å². The van der Waals surface area contributed by atoms with Gasteiger partial charge in [-0.15, -0.1) is 6.58 Å². The van der Waals surface area contributed by atoms with E-state index in [0.29, 0.717) is 35.5 Å². The molecule has 3 rings (SSSR count). The molecule has 196 valence electrons. The molecular formula is C26H31N5O6. The monoisotopic (exact) mass is 509 g/mol. The van der Waals surface area contributed by atoms with Crippen LogP contribution in [0.1, 0.15) is 35.6 Å². The van der Waals surface area contributed by atoms with E-state index in [1.54, 1.807) is 54.6 Å². The number of aliphatic hydroxyl groups excluding tert-OH is 3. The van der Waals surface area contributed by atoms with E-state index in [4.69, 9.17) is 25.1 Å². The highest BCUT2D eigenvalue weighted by molar-refractivity contribution is 6.01. The number of amides is 1. The first-order valence-corrected chi connectivity index (χ1v) is 11.9. The van der Waals surface area contributed by atoms with Crippen molar-refractivity contribution in [2.75, 3.05) is 26.4 Å². The third-order valence-corrected chi connectivity index (χ3v) is 5.90. The summed E-state index contributed by atoms with van der Waals surface area (Å²) in [7, 11) is 0. The summed E-state index contributed by atoms with van der Waals surface area (Å²) >= 11 is 0. The van der Waals surface area contributed by atoms with Gasteiger partial charge in [0.05, 0.1) is 32.4 Å². The minimum Gasteiger partial charge on any atom is -0.494 e. The molecule has 0 aliphatic carbocycles. The maximum atomic E-state index is 13.7. The van der Waals surface area contributed by atoms with E-state index in [2.05, 4.69) is 21.9 Å². The van der Waals surface area contributed by atoms with Crippen molar-refractivity contribution in [3.05, 3.63) is 88.3 Å². The van der Waals surface area contributed by atoms with Crippen molar-refractivity contribution < 1.29 is 29.6 Å². The van der Waals surface area contributed by atoms with Crippen molar-refractivity contribution in [1.29, 1.82) is 0 Å². The van der Waals surface area contributed by atoms with Crippen molar-refractivity contribution in [3.63, 3.8) is 0 Å². The van der Waals surface area contributed by atoms with Crippen LogP contribution in [0.25, 0.3) is 10.4 Å². The topological polar surface area (TPSA) is 169 Å². The van der Waals surface area contributed by atoms with Gasteiger partial charge in [-0.25, -0.2) is 4.99 Å². The van der Waals surface area contributed by atoms with Gasteiger partial charge in [0.1, 0.15) is 5.75 Å². The Bertz CT molecular complexity index is 1140. The molecule has 2 atom stereocenters. The fraction of sp³-hybridized carbons (Fsp3) is 0.385. The molecular weight excluding hydrogens is 478 g/mol. The molecule has 37 heavy (non-hydrogen) atoms. The Kier molecular flexibility index (Phi) is 10.0. The Balaban J connectivity index is 2.06. The molecule has 0 spiro atoms. The van der Waals surface area contributed by atoms with Gasteiger partial charge >= 0.3 is 0 Å². The number of azide groups is 1. The second-order valence-electron chi connectivity index (χ2n) is 8.41. The van der Waals surface area contributed by atoms with Crippen molar-refractivity contribution >= 4 is 11.8 Å². The van der Waals surface area contributed by atoms with Crippen molar-refractivity contribution in [3.8, 4) is 5.75 Å². The molecule has 0 saturated heterocycles. The molecule has 1 amide bonds. The van der Waals surface area contributed by atoms with Gasteiger partial charge in [0, 0.05) is 29.9 Å². The van der Waals surface area contributed by atoms with Crippen LogP contribution in [0.4, 0.5) is 0 Å². The fourth-order valence-electron chi connectivity index (χ4n) is 4.01. The number of rotatable bonds is 14. The molecule has 0 fully saturated rings. The number of hydrogen-bond acceptors (Lipinski definition) is 8. The molecule has 1 aliphatic heterocycles. The van der Waals surface area contributed by atoms with E-state index in [0.717, 1.165) is 0 Å². The number of aliphatic hydroxyl groups is 3. The number of benzene rings is 2. The lowest BCUT2D eigenvalue weighted by atomic mass is 9.82. The second kappa shape index (κ2) is 13.4. The second-order valence-corrected chi connectivity index (χ2v) is 8.41. The molecule has 1 heterocycles. The molecule has 0 unspecified atom stereocenters. The Morgan fingerprint density at radius 3 is 2.62 bits per heavy atom. The maximum absolute atomic E-state index is 13.7. The summed E-state index contributed by atoms with van der Waals surface area (Å²) in [6.07, 6.45) is 1.25. The number of ether oxygens (including phenoxy) is 2. The molecule has 11 nitrogen and oxygen atoms in total. The molecule has 0 radical (unpaired) electrons. The summed E-state index contributed by atoms with van der Waals surface area (Å²) in [6, 6.07) is 13.2. The number of hydrogen-bond donors (Lipinski definition) is 4. The summed E-state index contributed by atoms with van der Waals surface area (Å²) in [4.78, 5) is 21.3. The van der Waals surface area contributed by atoms with Crippen LogP contribution in [-0.2, 0) is 16.1 Å². The van der Waals surface area contributed by atoms with Gasteiger partial charge in [0.15, 0.2) is 11.6 Å². The standard InChI is InChI=1S/C26H31N5O6/c1-2-12-26(25(35)29-20(16-33)17-34)23(22-7-4-3-6-19(22)15-28-31-27)37-24(30-26)18-8-10-21(11-9-18)36-14-5-13-32/h2-4,6-11,20,23,32-34H,1,5,12-17H2,(H,29,35)/t23-,26-/m1/s1. The SMILES string of the molecule is C=CC[C@@]1(C(=O)NC(CO)CO)N=C(c2ccc(OCCCO)cc2)O[C@@H]1c1ccccc1CN=[N+]=[N-]. The number of nitrogens with zero attached hydrogens (tertiary/aromatic N) is 4. The number of carbonyl (C=O) groups excluding carboxylic acids is 1. The lowest BCUT2D eigenvalue weighted by molar-refractivity contribution is -0.130. The van der Waals surface area contributed by atoms with Gasteiger partial charge in [-0.05, 0) is 40.9 Å². The van der Waals surface area contributed by atoms with Gasteiger partial charge in [0.25, 0.3) is 5.91 Å². The quantitative estimate of drug-likeness (QED) is 0.100. The first-order valence-electron chi connectivity index (χ1n) is 11.9. The summed E-state index contributed by atoms with van der Waals surface area (Å²) in [5.41, 5.74) is 9.22. The van der Waals surface area contributed by atoms with E-state index in [1.165, 1.54) is 0 Å². The van der Waals surface area contributed by atoms with Crippen LogP contribution in [0.2, 0.25) is 0 Å². The molecule has 0 aromatic heterocycles. The third-order valence-electron chi connectivity index (χ3n) is 5.90. The van der Waals surface area contributed by atoms with Gasteiger partial charge in [-0.1, -0.05) is 35.5 Å². The maximum Gasteiger partial charge on any atom is 0.253 e. The van der Waals surface area contributed by atoms with Crippen LogP contribution < -0.4 is 10.1 Å². The summed E-state index contributed by atoms with van der Waals surface area (Å²) in [5, 5.41) is 34.4. The van der Waals surface area contributed by atoms with Gasteiger partial charge in [-0.3, -0.25) is 4.79 Å². The number of aliphatic imine (C=N–C) groups is 1. The first-order chi connectivity index (χ1) is 18.0. The van der Waals surface area contributed by atoms with Crippen molar-refractivity contribution in [2.24, 2.45) is 10.1 Å². The lowest BCUT2D eigenvalue weighted by Gasteiger charge is -2.32. The van der Waals surface area contributed by atoms with E-state index < -0.39 is 36.8 Å². The molecule has 2 aromatic rings. The smallest absolute Gasteiger partial charge is 0.253 e. The zero-order chi connectivity index (χ0) is 26.7. The van der Waals surface area contributed by atoms with Crippen LogP contribution in [-0.4, -0.2) is 65.1 Å². The first kappa shape index (κ1) is 27.7. The third kappa shape index (κ3) is 6.46. The van der Waals surface area contributed by atoms with E-state index >= 15 is 0 Å². The van der Waals surface area contributed by atoms with Crippen LogP contribution >= 0.6 is 0 Å². The van der Waals surface area contributed by atoms with Crippen LogP contribution in [0.3, 0.4) is 0 Å². The van der Waals surface area contributed by atoms with Crippen molar-refractivity contribution in [1.82, 2.24) is 5.32 Å². The average Bonchev–Trinajstić information content (AvgIpc) is 3.31. The van der Waals surface area contributed by atoms with E-state index in [-0.39, 0.29) is 25.5 Å². The van der Waals surface area contributed by atoms with Crippen LogP contribution in [0, 0.1) is 0 Å². The van der Waals surface area contributed by atoms with Gasteiger partial charge in [0.2, 0.25) is 5.90 Å². The summed E-state index contributed by atoms with van der Waals surface area (Å²) in [5.74, 6) is 0.269. The van der Waals surface area contributed by atoms with Crippen LogP contribution in [0.5, 0.6) is 5.75 Å². The van der Waals surface area contributed by atoms with E-state index in [9.17, 15) is 15.0 Å². The predicted molar refractivity (Wildman–Crippen MR) is 137 cm³/mol. The average molecular weight is 510 g/mol. The largest absolute Gasteiger partial charge is 0.494 e. The molecule has 1 aliphatic rings. The number of carbonyl (C=O) groups is 1. The molecule has 2 aromatic carbocycles. The number of nitrogens with one attached hydrogen (secondary N) is 1. The lowest BCUT2D eigenvalue weighted by Crippen LogP contribution is -2.53. The Hall–Kier alpha value is -3.89. The Labute approximate surface area is 214 Å². The molecule has 4 N–H and O–H groups in total. The summed E-state index contributed by atoms with van der Waals surface area (Å²) in [6.45, 7) is 3.35. The Morgan fingerprint density at radius 1 is 1.24 bits per heavy atom. The highest BCUT2D eigenvalue weighted by Gasteiger charge is 2.53.